The van der Waals surface area contributed by atoms with Gasteiger partial charge in [0.2, 0.25) is 0 Å². The smallest absolute Gasteiger partial charge is 0.339 e. The molecule has 2 aliphatic heterocycles. The van der Waals surface area contributed by atoms with Crippen molar-refractivity contribution in [2.75, 3.05) is 26.3 Å². The highest BCUT2D eigenvalue weighted by molar-refractivity contribution is 8.18. The second-order valence-electron chi connectivity index (χ2n) is 6.83. The van der Waals surface area contributed by atoms with E-state index in [1.54, 1.807) is 42.5 Å². The Hall–Kier alpha value is -2.62. The number of morpholine rings is 1. The molecule has 2 heterocycles. The van der Waals surface area contributed by atoms with E-state index in [2.05, 4.69) is 4.99 Å². The highest BCUT2D eigenvalue weighted by Crippen LogP contribution is 2.31. The van der Waals surface area contributed by atoms with Gasteiger partial charge in [-0.1, -0.05) is 29.8 Å². The molecule has 0 N–H and O–H groups in total. The number of thioether (sulfide) groups is 1. The SMILES string of the molecule is Cc1ccc(S(=O)(=O)Oc2ccc(/C=C3/SC(N4CCOCC4)=NC3=O)cc2)cc1. The second kappa shape index (κ2) is 8.63. The number of amides is 1. The molecule has 0 bridgehead atoms. The first-order valence-electron chi connectivity index (χ1n) is 9.37. The Bertz CT molecular complexity index is 1100. The van der Waals surface area contributed by atoms with Crippen LogP contribution in [-0.4, -0.2) is 50.7 Å². The predicted molar refractivity (Wildman–Crippen MR) is 116 cm³/mol. The van der Waals surface area contributed by atoms with Crippen LogP contribution in [0, 0.1) is 6.92 Å². The predicted octanol–water partition coefficient (Wildman–Crippen LogP) is 3.07. The fourth-order valence-corrected chi connectivity index (χ4v) is 4.83. The summed E-state index contributed by atoms with van der Waals surface area (Å²) in [4.78, 5) is 19.0. The van der Waals surface area contributed by atoms with Crippen molar-refractivity contribution < 1.29 is 22.1 Å². The number of carbonyl (C=O) groups is 1. The number of nitrogens with zero attached hydrogens (tertiary/aromatic N) is 2. The highest BCUT2D eigenvalue weighted by atomic mass is 32.2. The summed E-state index contributed by atoms with van der Waals surface area (Å²) in [5.74, 6) is -0.0721. The Morgan fingerprint density at radius 3 is 2.40 bits per heavy atom. The van der Waals surface area contributed by atoms with E-state index in [9.17, 15) is 13.2 Å². The monoisotopic (exact) mass is 444 g/mol. The van der Waals surface area contributed by atoms with E-state index in [0.717, 1.165) is 11.1 Å². The van der Waals surface area contributed by atoms with Gasteiger partial charge >= 0.3 is 10.1 Å². The summed E-state index contributed by atoms with van der Waals surface area (Å²) in [6.07, 6.45) is 1.74. The zero-order valence-electron chi connectivity index (χ0n) is 16.3. The summed E-state index contributed by atoms with van der Waals surface area (Å²) in [6, 6.07) is 13.0. The lowest BCUT2D eigenvalue weighted by atomic mass is 10.2. The molecule has 156 valence electrons. The maximum Gasteiger partial charge on any atom is 0.339 e. The number of rotatable bonds is 4. The lowest BCUT2D eigenvalue weighted by Gasteiger charge is -2.27. The number of amidine groups is 1. The summed E-state index contributed by atoms with van der Waals surface area (Å²) < 4.78 is 35.3. The van der Waals surface area contributed by atoms with Gasteiger partial charge in [-0.2, -0.15) is 13.4 Å². The van der Waals surface area contributed by atoms with E-state index < -0.39 is 10.1 Å². The Labute approximate surface area is 179 Å². The van der Waals surface area contributed by atoms with Crippen molar-refractivity contribution in [3.8, 4) is 5.75 Å². The molecular formula is C21H20N2O5S2. The molecule has 1 amide bonds. The number of benzene rings is 2. The summed E-state index contributed by atoms with van der Waals surface area (Å²) in [6.45, 7) is 4.56. The number of hydrogen-bond acceptors (Lipinski definition) is 7. The van der Waals surface area contributed by atoms with Crippen LogP contribution in [0.15, 0.2) is 63.3 Å². The topological polar surface area (TPSA) is 85.3 Å². The highest BCUT2D eigenvalue weighted by Gasteiger charge is 2.27. The van der Waals surface area contributed by atoms with Gasteiger partial charge in [0.15, 0.2) is 5.17 Å². The molecule has 1 saturated heterocycles. The van der Waals surface area contributed by atoms with Crippen LogP contribution in [0.3, 0.4) is 0 Å². The normalized spacial score (nSPS) is 18.6. The van der Waals surface area contributed by atoms with Crippen molar-refractivity contribution in [1.29, 1.82) is 0 Å². The minimum Gasteiger partial charge on any atom is -0.379 e. The Morgan fingerprint density at radius 1 is 1.07 bits per heavy atom. The average molecular weight is 445 g/mol. The third kappa shape index (κ3) is 4.75. The molecule has 2 aliphatic rings. The van der Waals surface area contributed by atoms with Crippen LogP contribution in [0.1, 0.15) is 11.1 Å². The molecular weight excluding hydrogens is 424 g/mol. The Kier molecular flexibility index (Phi) is 5.94. The fraction of sp³-hybridized carbons (Fsp3) is 0.238. The molecule has 1 fully saturated rings. The van der Waals surface area contributed by atoms with E-state index >= 15 is 0 Å². The molecule has 0 radical (unpaired) electrons. The van der Waals surface area contributed by atoms with Crippen LogP contribution >= 0.6 is 11.8 Å². The maximum absolute atomic E-state index is 12.4. The molecule has 0 aliphatic carbocycles. The summed E-state index contributed by atoms with van der Waals surface area (Å²) >= 11 is 1.34. The summed E-state index contributed by atoms with van der Waals surface area (Å²) in [7, 11) is -3.90. The number of carbonyl (C=O) groups excluding carboxylic acids is 1. The van der Waals surface area contributed by atoms with Gasteiger partial charge in [0.05, 0.1) is 18.1 Å². The third-order valence-electron chi connectivity index (χ3n) is 4.58. The van der Waals surface area contributed by atoms with Crippen LogP contribution in [-0.2, 0) is 19.6 Å². The number of ether oxygens (including phenoxy) is 1. The number of hydrogen-bond donors (Lipinski definition) is 0. The first-order valence-corrected chi connectivity index (χ1v) is 11.6. The molecule has 30 heavy (non-hydrogen) atoms. The molecule has 7 nitrogen and oxygen atoms in total. The first kappa shape index (κ1) is 20.6. The van der Waals surface area contributed by atoms with Crippen molar-refractivity contribution in [3.05, 3.63) is 64.6 Å². The quantitative estimate of drug-likeness (QED) is 0.529. The van der Waals surface area contributed by atoms with Gasteiger partial charge in [0.1, 0.15) is 10.6 Å². The van der Waals surface area contributed by atoms with Crippen LogP contribution in [0.2, 0.25) is 0 Å². The van der Waals surface area contributed by atoms with E-state index in [4.69, 9.17) is 8.92 Å². The van der Waals surface area contributed by atoms with Crippen LogP contribution in [0.4, 0.5) is 0 Å². The van der Waals surface area contributed by atoms with Gasteiger partial charge in [0, 0.05) is 13.1 Å². The van der Waals surface area contributed by atoms with Gasteiger partial charge in [0.25, 0.3) is 5.91 Å². The Balaban J connectivity index is 1.44. The summed E-state index contributed by atoms with van der Waals surface area (Å²) in [5, 5.41) is 0.693. The first-order chi connectivity index (χ1) is 14.4. The van der Waals surface area contributed by atoms with E-state index in [0.29, 0.717) is 36.4 Å². The molecule has 0 aromatic heterocycles. The average Bonchev–Trinajstić information content (AvgIpc) is 3.10. The van der Waals surface area contributed by atoms with Crippen LogP contribution in [0.25, 0.3) is 6.08 Å². The molecule has 0 spiro atoms. The zero-order valence-corrected chi connectivity index (χ0v) is 17.9. The van der Waals surface area contributed by atoms with Crippen molar-refractivity contribution >= 4 is 39.0 Å². The van der Waals surface area contributed by atoms with Crippen molar-refractivity contribution in [1.82, 2.24) is 4.90 Å². The van der Waals surface area contributed by atoms with Crippen molar-refractivity contribution in [2.45, 2.75) is 11.8 Å². The van der Waals surface area contributed by atoms with Crippen molar-refractivity contribution in [3.63, 3.8) is 0 Å². The Morgan fingerprint density at radius 2 is 1.73 bits per heavy atom. The molecule has 9 heteroatoms. The van der Waals surface area contributed by atoms with Gasteiger partial charge in [-0.15, -0.1) is 0 Å². The lowest BCUT2D eigenvalue weighted by Crippen LogP contribution is -2.38. The van der Waals surface area contributed by atoms with E-state index in [1.165, 1.54) is 23.9 Å². The lowest BCUT2D eigenvalue weighted by molar-refractivity contribution is -0.113. The molecule has 2 aromatic carbocycles. The second-order valence-corrected chi connectivity index (χ2v) is 9.38. The standard InChI is InChI=1S/C21H20N2O5S2/c1-15-2-8-18(9-3-15)30(25,26)28-17-6-4-16(5-7-17)14-19-20(24)22-21(29-19)23-10-12-27-13-11-23/h2-9,14H,10-13H2,1H3/b19-14+. The molecule has 0 atom stereocenters. The minimum absolute atomic E-state index is 0.0973. The van der Waals surface area contributed by atoms with Gasteiger partial charge in [-0.3, -0.25) is 4.79 Å². The van der Waals surface area contributed by atoms with Crippen LogP contribution < -0.4 is 4.18 Å². The largest absolute Gasteiger partial charge is 0.379 e. The molecule has 0 unspecified atom stereocenters. The van der Waals surface area contributed by atoms with E-state index in [1.807, 2.05) is 11.8 Å². The van der Waals surface area contributed by atoms with Crippen LogP contribution in [0.5, 0.6) is 5.75 Å². The molecule has 0 saturated carbocycles. The van der Waals surface area contributed by atoms with E-state index in [-0.39, 0.29) is 16.6 Å². The maximum atomic E-state index is 12.4. The summed E-state index contributed by atoms with van der Waals surface area (Å²) in [5.41, 5.74) is 1.72. The molecule has 4 rings (SSSR count). The number of aliphatic imine (C=N–C) groups is 1. The minimum atomic E-state index is -3.90. The number of aryl methyl sites for hydroxylation is 1. The van der Waals surface area contributed by atoms with Gasteiger partial charge < -0.3 is 13.8 Å². The van der Waals surface area contributed by atoms with Gasteiger partial charge in [-0.25, -0.2) is 0 Å². The zero-order chi connectivity index (χ0) is 21.1. The fourth-order valence-electron chi connectivity index (χ4n) is 2.94. The molecule has 2 aromatic rings. The van der Waals surface area contributed by atoms with Gasteiger partial charge in [-0.05, 0) is 54.6 Å². The third-order valence-corrected chi connectivity index (χ3v) is 6.89. The van der Waals surface area contributed by atoms with Crippen molar-refractivity contribution in [2.24, 2.45) is 4.99 Å².